The molecule has 18 bridgehead atoms. The van der Waals surface area contributed by atoms with Crippen molar-refractivity contribution < 1.29 is 134 Å². The molecule has 0 aromatic rings. The smallest absolute Gasteiger partial charge is 0.311 e. The largest absolute Gasteiger partial charge is 0.481 e. The lowest BCUT2D eigenvalue weighted by molar-refractivity contribution is -0.214. The molecule has 18 rings (SSSR count). The van der Waals surface area contributed by atoms with E-state index in [1.165, 1.54) is 90.6 Å². The molecule has 0 aliphatic heterocycles. The number of ether oxygens (including phenoxy) is 14. The van der Waals surface area contributed by atoms with Gasteiger partial charge in [0.05, 0.1) is 76.4 Å². The Morgan fingerprint density at radius 2 is 0.646 bits per heavy atom. The minimum Gasteiger partial charge on any atom is -0.481 e. The molecule has 0 heterocycles. The first-order valence-electron chi connectivity index (χ1n) is 55.3. The third kappa shape index (κ3) is 28.4. The van der Waals surface area contributed by atoms with Gasteiger partial charge in [-0.05, 0) is 352 Å². The molecule has 18 saturated carbocycles. The molecule has 18 aliphatic rings. The van der Waals surface area contributed by atoms with Crippen LogP contribution in [0.4, 0.5) is 0 Å². The van der Waals surface area contributed by atoms with Crippen molar-refractivity contribution in [1.29, 1.82) is 0 Å². The highest BCUT2D eigenvalue weighted by atomic mass is 16.7. The van der Waals surface area contributed by atoms with Crippen LogP contribution >= 0.6 is 0 Å². The summed E-state index contributed by atoms with van der Waals surface area (Å²) in [6.45, 7) is 60.3. The van der Waals surface area contributed by atoms with Gasteiger partial charge in [-0.25, -0.2) is 0 Å². The topological polar surface area (TPSA) is 371 Å². The predicted octanol–water partition coefficient (Wildman–Crippen LogP) is 22.1. The Bertz CT molecular complexity index is 4410. The quantitative estimate of drug-likeness (QED) is 0.0396. The number of hydrogen-bond donors (Lipinski definition) is 1. The van der Waals surface area contributed by atoms with Crippen molar-refractivity contribution in [2.75, 3.05) is 20.5 Å². The summed E-state index contributed by atoms with van der Waals surface area (Å²) in [6, 6.07) is 0. The zero-order chi connectivity index (χ0) is 108. The van der Waals surface area contributed by atoms with E-state index in [0.29, 0.717) is 67.3 Å². The fourth-order valence-electron chi connectivity index (χ4n) is 28.1. The maximum atomic E-state index is 12.8. The Labute approximate surface area is 861 Å². The van der Waals surface area contributed by atoms with E-state index in [1.807, 2.05) is 69.2 Å². The molecule has 0 aromatic carbocycles. The van der Waals surface area contributed by atoms with Crippen molar-refractivity contribution in [2.24, 2.45) is 175 Å². The third-order valence-corrected chi connectivity index (χ3v) is 37.9. The lowest BCUT2D eigenvalue weighted by Crippen LogP contribution is -2.60. The molecule has 0 radical (unpaired) electrons. The highest BCUT2D eigenvalue weighted by Gasteiger charge is 2.67. The molecule has 144 heavy (non-hydrogen) atoms. The standard InChI is InChI=1S/C21H32O6.C20H32O5.C20H32O4.C20H34O4.C18H30O5.C17H28O4/c1-12(16(22)26-19(3,4)5)13(2)17(23)27-21-9-14-6-15(10-21)8-20(7-14,11-21)18(24)25;1-5-23-14(4)24-18(21)12(2)13(3)19(22)25-20-9-15-6-16(10-20)8-17(7-15)11-20;1-11(12(2)19(22)24-20(3,4)5)18(21)23-17-15-7-13-6-14(9-15)10-16(17)8-13;1-12(13(2)17(22)24-18(3,4)5)16(21)23-15-11-14-9-10-20(15,8)19(14,6)7;1-11(15(19)22-10-21-6)12(2)16(20)23-14-9-13-7-8-18(14,5)17(13,3)4;1-10(11(2)16(19)21-17(3,4)5)15(18)20-14-9-12-6-7-13(14)8-12/h12-15H,6-11H2,1-5H3,(H,24,25);12-17H,5-11H2,1-4H3;11-17H,6-10H2,1-5H3;12-15H,9-11H2,1-8H3;11-14H,7-10H2,1-6H3;10-14H,6-9H2,1-5H3. The molecule has 0 saturated heterocycles. The van der Waals surface area contributed by atoms with Gasteiger partial charge in [0.1, 0.15) is 58.0 Å². The van der Waals surface area contributed by atoms with E-state index in [1.54, 1.807) is 111 Å². The van der Waals surface area contributed by atoms with Crippen molar-refractivity contribution in [3.05, 3.63) is 0 Å². The number of carboxylic acids is 1. The Hall–Kier alpha value is -6.97. The van der Waals surface area contributed by atoms with Crippen LogP contribution in [0, 0.1) is 175 Å². The maximum Gasteiger partial charge on any atom is 0.311 e. The zero-order valence-corrected chi connectivity index (χ0v) is 94.3. The number of rotatable bonds is 30. The number of aliphatic carboxylic acids is 1. The van der Waals surface area contributed by atoms with E-state index in [2.05, 4.69) is 41.5 Å². The number of methoxy groups -OCH3 is 1. The van der Waals surface area contributed by atoms with Crippen LogP contribution in [0.1, 0.15) is 395 Å². The summed E-state index contributed by atoms with van der Waals surface area (Å²) in [6.07, 6.45) is 28.3. The number of esters is 12. The number of fused-ring (bicyclic) bond motifs is 6. The van der Waals surface area contributed by atoms with E-state index < -0.39 is 141 Å². The van der Waals surface area contributed by atoms with E-state index in [4.69, 9.17) is 66.3 Å². The second-order valence-electron chi connectivity index (χ2n) is 53.7. The number of carbonyl (C=O) groups is 13. The van der Waals surface area contributed by atoms with Gasteiger partial charge in [-0.15, -0.1) is 0 Å². The maximum absolute atomic E-state index is 12.8. The van der Waals surface area contributed by atoms with Gasteiger partial charge in [0.2, 0.25) is 0 Å². The number of hydrogen-bond acceptors (Lipinski definition) is 27. The van der Waals surface area contributed by atoms with Crippen LogP contribution in [0.25, 0.3) is 0 Å². The van der Waals surface area contributed by atoms with E-state index >= 15 is 0 Å². The summed E-state index contributed by atoms with van der Waals surface area (Å²) in [4.78, 5) is 160. The summed E-state index contributed by atoms with van der Waals surface area (Å²) in [7, 11) is 1.45. The van der Waals surface area contributed by atoms with Crippen LogP contribution in [-0.4, -0.2) is 168 Å². The second kappa shape index (κ2) is 46.5. The molecule has 0 spiro atoms. The minimum atomic E-state index is -0.757. The van der Waals surface area contributed by atoms with Gasteiger partial charge in [0, 0.05) is 31.0 Å². The highest BCUT2D eigenvalue weighted by molar-refractivity contribution is 5.86. The molecule has 24 unspecified atom stereocenters. The molecular weight excluding hydrogens is 1840 g/mol. The summed E-state index contributed by atoms with van der Waals surface area (Å²) < 4.78 is 77.1. The van der Waals surface area contributed by atoms with Crippen molar-refractivity contribution in [2.45, 2.75) is 459 Å². The third-order valence-electron chi connectivity index (χ3n) is 37.9. The Morgan fingerprint density at radius 3 is 0.972 bits per heavy atom. The summed E-state index contributed by atoms with van der Waals surface area (Å²) in [5.41, 5.74) is -3.42. The van der Waals surface area contributed by atoms with Crippen LogP contribution < -0.4 is 0 Å². The average molecular weight is 2030 g/mol. The number of carbonyl (C=O) groups excluding carboxylic acids is 12. The first kappa shape index (κ1) is 119. The first-order valence-corrected chi connectivity index (χ1v) is 55.3. The Morgan fingerprint density at radius 1 is 0.326 bits per heavy atom. The van der Waals surface area contributed by atoms with Gasteiger partial charge in [-0.1, -0.05) is 125 Å². The molecule has 28 heteroatoms. The average Bonchev–Trinajstić information content (AvgIpc) is 1.07. The van der Waals surface area contributed by atoms with Gasteiger partial charge in [-0.2, -0.15) is 0 Å². The Balaban J connectivity index is 0.000000178. The minimum absolute atomic E-state index is 0.0346. The number of carboxylic acid groups (broad SMARTS) is 1. The molecular formula is C116H188O28. The van der Waals surface area contributed by atoms with Crippen molar-refractivity contribution >= 4 is 77.6 Å². The SMILES string of the molecule is CC(C(=O)OC(C)(C)C)C(C)C(=O)OC12CC3CC(C1)CC(C(=O)O)(C3)C2.CC(C(=O)OC1C2CC3CC(C2)CC1C3)C(C)C(=O)OC(C)(C)C.CC(C(=O)OC1CC2CCC1(C)C2(C)C)C(C)C(=O)OC(C)(C)C.CC(C(=O)OC1CC2CCC1C2)C(C)C(=O)OC(C)(C)C.CCOC(C)OC(=O)C(C)C(C)C(=O)OC12CC3CC(CC(C3)C1)C2.COCOC(=O)C(C)C(C)C(=O)OC1CC2CCC1(C)C2(C)C. The van der Waals surface area contributed by atoms with E-state index in [9.17, 15) is 67.4 Å². The fourth-order valence-corrected chi connectivity index (χ4v) is 28.1. The molecule has 18 fully saturated rings. The monoisotopic (exact) mass is 2030 g/mol. The predicted molar refractivity (Wildman–Crippen MR) is 540 cm³/mol. The van der Waals surface area contributed by atoms with Crippen molar-refractivity contribution in [1.82, 2.24) is 0 Å². The normalized spacial score (nSPS) is 35.0. The van der Waals surface area contributed by atoms with Gasteiger partial charge >= 0.3 is 77.6 Å². The van der Waals surface area contributed by atoms with Gasteiger partial charge in [0.15, 0.2) is 13.1 Å². The molecule has 18 aliphatic carbocycles. The van der Waals surface area contributed by atoms with Crippen LogP contribution in [0.5, 0.6) is 0 Å². The highest BCUT2D eigenvalue weighted by Crippen LogP contribution is 2.69. The molecule has 28 nitrogen and oxygen atoms in total. The summed E-state index contributed by atoms with van der Waals surface area (Å²) >= 11 is 0. The fraction of sp³-hybridized carbons (Fsp3) is 0.888. The molecule has 0 amide bonds. The first-order chi connectivity index (χ1) is 66.4. The zero-order valence-electron chi connectivity index (χ0n) is 94.3. The van der Waals surface area contributed by atoms with Gasteiger partial charge in [-0.3, -0.25) is 62.3 Å². The molecule has 820 valence electrons. The van der Waals surface area contributed by atoms with Gasteiger partial charge < -0.3 is 71.4 Å². The molecule has 1 N–H and O–H groups in total. The lowest BCUT2D eigenvalue weighted by atomic mass is 9.48. The summed E-state index contributed by atoms with van der Waals surface area (Å²) in [5.74, 6) is -2.83. The van der Waals surface area contributed by atoms with Crippen molar-refractivity contribution in [3.8, 4) is 0 Å². The van der Waals surface area contributed by atoms with Crippen LogP contribution in [0.15, 0.2) is 0 Å². The van der Waals surface area contributed by atoms with Gasteiger partial charge in [0.25, 0.3) is 0 Å². The van der Waals surface area contributed by atoms with E-state index in [-0.39, 0.29) is 106 Å². The van der Waals surface area contributed by atoms with Crippen molar-refractivity contribution in [3.63, 3.8) is 0 Å². The molecule has 24 atom stereocenters. The molecule has 0 aromatic heterocycles. The lowest BCUT2D eigenvalue weighted by Gasteiger charge is -2.59. The van der Waals surface area contributed by atoms with Crippen LogP contribution in [0.3, 0.4) is 0 Å². The van der Waals surface area contributed by atoms with Crippen LogP contribution in [0.2, 0.25) is 0 Å². The second-order valence-corrected chi connectivity index (χ2v) is 53.7. The summed E-state index contributed by atoms with van der Waals surface area (Å²) in [5, 5.41) is 9.80. The van der Waals surface area contributed by atoms with Crippen LogP contribution in [-0.2, 0) is 129 Å². The van der Waals surface area contributed by atoms with E-state index in [0.717, 1.165) is 106 Å². The Kier molecular flexibility index (Phi) is 38.4.